The van der Waals surface area contributed by atoms with Crippen LogP contribution in [-0.2, 0) is 21.9 Å². The number of carbonyl (C=O) groups excluding carboxylic acids is 1. The summed E-state index contributed by atoms with van der Waals surface area (Å²) in [5, 5.41) is 11.3. The van der Waals surface area contributed by atoms with Gasteiger partial charge in [-0.05, 0) is 103 Å². The number of sulfonamides is 1. The number of ether oxygens (including phenoxy) is 1. The SMILES string of the molecule is CC(C)[C@H]1[C@@H](C)C/C=C/[C@H](O)[C@@H]2C[C@@H](C)[C@H]2CN2C[C@@]3(CCCc4cc(Cl)ccc43)COc3ccc(cc32)C(=O)NS1(=O)=O. The lowest BCUT2D eigenvalue weighted by Crippen LogP contribution is -2.52. The topological polar surface area (TPSA) is 95.9 Å². The Kier molecular flexibility index (Phi) is 8.57. The number of anilines is 1. The number of hydrogen-bond donors (Lipinski definition) is 2. The molecule has 1 fully saturated rings. The monoisotopic (exact) mass is 640 g/mol. The summed E-state index contributed by atoms with van der Waals surface area (Å²) >= 11 is 6.41. The number of aryl methyl sites for hydroxylation is 1. The first kappa shape index (κ1) is 31.4. The third-order valence-electron chi connectivity index (χ3n) is 10.7. The maximum atomic E-state index is 13.6. The number of nitrogens with one attached hydrogen (secondary N) is 1. The van der Waals surface area contributed by atoms with Crippen molar-refractivity contribution in [1.29, 1.82) is 0 Å². The van der Waals surface area contributed by atoms with E-state index < -0.39 is 27.3 Å². The Hall–Kier alpha value is -2.55. The summed E-state index contributed by atoms with van der Waals surface area (Å²) in [5.74, 6) is 0.386. The average Bonchev–Trinajstić information content (AvgIpc) is 3.10. The van der Waals surface area contributed by atoms with Crippen molar-refractivity contribution >= 4 is 33.2 Å². The molecular formula is C35H45ClN2O5S. The van der Waals surface area contributed by atoms with E-state index in [0.717, 1.165) is 36.4 Å². The zero-order chi connectivity index (χ0) is 31.4. The first-order chi connectivity index (χ1) is 20.9. The maximum absolute atomic E-state index is 13.6. The van der Waals surface area contributed by atoms with Gasteiger partial charge in [0, 0.05) is 29.1 Å². The summed E-state index contributed by atoms with van der Waals surface area (Å²) in [6.07, 6.45) is 7.55. The van der Waals surface area contributed by atoms with Crippen molar-refractivity contribution in [2.24, 2.45) is 29.6 Å². The van der Waals surface area contributed by atoms with Gasteiger partial charge in [0.05, 0.1) is 23.6 Å². The van der Waals surface area contributed by atoms with Crippen molar-refractivity contribution in [3.05, 3.63) is 70.3 Å². The molecule has 0 unspecified atom stereocenters. The van der Waals surface area contributed by atoms with E-state index in [1.54, 1.807) is 18.2 Å². The van der Waals surface area contributed by atoms with E-state index in [4.69, 9.17) is 16.3 Å². The van der Waals surface area contributed by atoms with Gasteiger partial charge in [-0.3, -0.25) is 4.79 Å². The molecule has 0 aromatic heterocycles. The normalized spacial score (nSPS) is 34.2. The molecule has 2 bridgehead atoms. The van der Waals surface area contributed by atoms with Gasteiger partial charge < -0.3 is 14.7 Å². The molecule has 0 radical (unpaired) electrons. The van der Waals surface area contributed by atoms with Crippen LogP contribution >= 0.6 is 11.6 Å². The summed E-state index contributed by atoms with van der Waals surface area (Å²) in [6, 6.07) is 11.4. The van der Waals surface area contributed by atoms with Crippen LogP contribution in [0.2, 0.25) is 5.02 Å². The number of nitrogens with zero attached hydrogens (tertiary/aromatic N) is 1. The van der Waals surface area contributed by atoms with Gasteiger partial charge in [-0.15, -0.1) is 0 Å². The summed E-state index contributed by atoms with van der Waals surface area (Å²) in [5.41, 5.74) is 3.31. The predicted octanol–water partition coefficient (Wildman–Crippen LogP) is 6.13. The molecule has 44 heavy (non-hydrogen) atoms. The lowest BCUT2D eigenvalue weighted by molar-refractivity contribution is -0.000382. The Morgan fingerprint density at radius 1 is 1.11 bits per heavy atom. The lowest BCUT2D eigenvalue weighted by atomic mass is 9.62. The van der Waals surface area contributed by atoms with E-state index in [1.165, 1.54) is 11.1 Å². The van der Waals surface area contributed by atoms with Gasteiger partial charge >= 0.3 is 0 Å². The Bertz CT molecular complexity index is 1560. The van der Waals surface area contributed by atoms with E-state index in [2.05, 4.69) is 28.7 Å². The minimum absolute atomic E-state index is 0.0987. The van der Waals surface area contributed by atoms with Crippen molar-refractivity contribution in [2.75, 3.05) is 24.6 Å². The van der Waals surface area contributed by atoms with Crippen molar-refractivity contribution in [3.63, 3.8) is 0 Å². The van der Waals surface area contributed by atoms with Crippen LogP contribution in [0.15, 0.2) is 48.6 Å². The van der Waals surface area contributed by atoms with Crippen LogP contribution < -0.4 is 14.4 Å². The highest BCUT2D eigenvalue weighted by Gasteiger charge is 2.46. The fraction of sp³-hybridized carbons (Fsp3) is 0.571. The number of fused-ring (bicyclic) bond motifs is 4. The van der Waals surface area contributed by atoms with Gasteiger partial charge in [0.15, 0.2) is 0 Å². The quantitative estimate of drug-likeness (QED) is 0.365. The van der Waals surface area contributed by atoms with Gasteiger partial charge in [0.1, 0.15) is 5.75 Å². The summed E-state index contributed by atoms with van der Waals surface area (Å²) in [4.78, 5) is 15.9. The molecule has 9 heteroatoms. The fourth-order valence-electron chi connectivity index (χ4n) is 8.51. The van der Waals surface area contributed by atoms with Crippen molar-refractivity contribution in [2.45, 2.75) is 76.6 Å². The Balaban J connectivity index is 1.44. The number of halogens is 1. The van der Waals surface area contributed by atoms with Gasteiger partial charge in [0.25, 0.3) is 5.91 Å². The highest BCUT2D eigenvalue weighted by Crippen LogP contribution is 2.48. The standard InChI is InChI=1S/C35H45ClN2O5S/c1-21(2)33-22(3)7-5-9-31(39)27-15-23(4)28(27)18-38-19-35(14-6-8-24-16-26(36)11-12-29(24)35)20-43-32-13-10-25(17-30(32)38)34(40)37-44(33,41)42/h5,9-13,16-17,21-23,27-28,31,33,39H,6-8,14-15,18-20H2,1-4H3,(H,37,40)/b9-5+/t22-,23+,27+,28+,31-,33-,35-/m0/s1. The molecule has 2 N–H and O–H groups in total. The molecule has 2 aromatic rings. The van der Waals surface area contributed by atoms with Crippen LogP contribution in [0.1, 0.15) is 74.9 Å². The van der Waals surface area contributed by atoms with E-state index >= 15 is 0 Å². The van der Waals surface area contributed by atoms with Crippen LogP contribution in [0.4, 0.5) is 5.69 Å². The Morgan fingerprint density at radius 3 is 2.66 bits per heavy atom. The molecule has 6 rings (SSSR count). The van der Waals surface area contributed by atoms with Gasteiger partial charge in [-0.25, -0.2) is 13.1 Å². The molecule has 2 aromatic carbocycles. The minimum Gasteiger partial charge on any atom is -0.490 e. The first-order valence-electron chi connectivity index (χ1n) is 16.1. The third kappa shape index (κ3) is 5.78. The number of amides is 1. The highest BCUT2D eigenvalue weighted by atomic mass is 35.5. The number of allylic oxidation sites excluding steroid dienone is 1. The summed E-state index contributed by atoms with van der Waals surface area (Å²) in [7, 11) is -3.98. The summed E-state index contributed by atoms with van der Waals surface area (Å²) in [6.45, 7) is 9.77. The number of rotatable bonds is 1. The van der Waals surface area contributed by atoms with E-state index in [-0.39, 0.29) is 34.7 Å². The molecule has 7 nitrogen and oxygen atoms in total. The number of carbonyl (C=O) groups is 1. The number of hydrogen-bond acceptors (Lipinski definition) is 6. The number of aliphatic hydroxyl groups excluding tert-OH is 1. The van der Waals surface area contributed by atoms with Crippen molar-refractivity contribution in [3.8, 4) is 5.75 Å². The smallest absolute Gasteiger partial charge is 0.264 e. The van der Waals surface area contributed by atoms with Gasteiger partial charge in [-0.1, -0.05) is 57.5 Å². The number of benzene rings is 2. The van der Waals surface area contributed by atoms with E-state index in [0.29, 0.717) is 37.8 Å². The molecule has 2 aliphatic carbocycles. The zero-order valence-electron chi connectivity index (χ0n) is 26.1. The van der Waals surface area contributed by atoms with Gasteiger partial charge in [0.2, 0.25) is 10.0 Å². The zero-order valence-corrected chi connectivity index (χ0v) is 27.7. The second-order valence-electron chi connectivity index (χ2n) is 14.1. The molecule has 7 atom stereocenters. The van der Waals surface area contributed by atoms with Crippen LogP contribution in [0.5, 0.6) is 5.75 Å². The largest absolute Gasteiger partial charge is 0.490 e. The van der Waals surface area contributed by atoms with Crippen LogP contribution in [0.3, 0.4) is 0 Å². The molecule has 238 valence electrons. The molecule has 2 heterocycles. The Labute approximate surface area is 267 Å². The predicted molar refractivity (Wildman–Crippen MR) is 175 cm³/mol. The fourth-order valence-corrected chi connectivity index (χ4v) is 10.7. The molecule has 1 amide bonds. The van der Waals surface area contributed by atoms with Crippen LogP contribution in [-0.4, -0.2) is 50.5 Å². The molecule has 4 aliphatic rings. The lowest BCUT2D eigenvalue weighted by Gasteiger charge is -2.49. The van der Waals surface area contributed by atoms with Crippen LogP contribution in [0.25, 0.3) is 0 Å². The Morgan fingerprint density at radius 2 is 1.91 bits per heavy atom. The van der Waals surface area contributed by atoms with Crippen molar-refractivity contribution < 1.29 is 23.1 Å². The summed E-state index contributed by atoms with van der Waals surface area (Å²) < 4.78 is 36.2. The third-order valence-corrected chi connectivity index (χ3v) is 13.2. The maximum Gasteiger partial charge on any atom is 0.264 e. The van der Waals surface area contributed by atoms with Crippen LogP contribution in [0, 0.1) is 29.6 Å². The second kappa shape index (κ2) is 12.0. The minimum atomic E-state index is -3.98. The van der Waals surface area contributed by atoms with Crippen molar-refractivity contribution in [1.82, 2.24) is 4.72 Å². The molecular weight excluding hydrogens is 596 g/mol. The molecule has 0 saturated heterocycles. The second-order valence-corrected chi connectivity index (χ2v) is 16.4. The van der Waals surface area contributed by atoms with Gasteiger partial charge in [-0.2, -0.15) is 0 Å². The van der Waals surface area contributed by atoms with E-state index in [9.17, 15) is 18.3 Å². The molecule has 1 spiro atoms. The molecule has 1 saturated carbocycles. The van der Waals surface area contributed by atoms with E-state index in [1.807, 2.05) is 39.0 Å². The first-order valence-corrected chi connectivity index (χ1v) is 18.0. The number of aliphatic hydroxyl groups is 1. The molecule has 2 aliphatic heterocycles. The average molecular weight is 641 g/mol. The highest BCUT2D eigenvalue weighted by molar-refractivity contribution is 7.90.